The number of benzene rings is 1. The van der Waals surface area contributed by atoms with Gasteiger partial charge in [0.05, 0.1) is 12.3 Å². The van der Waals surface area contributed by atoms with Crippen LogP contribution in [0, 0.1) is 11.6 Å². The van der Waals surface area contributed by atoms with Gasteiger partial charge in [0.1, 0.15) is 10.7 Å². The quantitative estimate of drug-likeness (QED) is 0.939. The molecule has 19 heavy (non-hydrogen) atoms. The number of hydrogen-bond donors (Lipinski definition) is 1. The van der Waals surface area contributed by atoms with E-state index >= 15 is 0 Å². The van der Waals surface area contributed by atoms with Gasteiger partial charge in [-0.1, -0.05) is 6.07 Å². The molecule has 0 aliphatic rings. The summed E-state index contributed by atoms with van der Waals surface area (Å²) in [6.07, 6.45) is 0. The molecule has 0 unspecified atom stereocenters. The van der Waals surface area contributed by atoms with Crippen molar-refractivity contribution in [2.75, 3.05) is 12.4 Å². The molecule has 2 aromatic rings. The zero-order valence-corrected chi connectivity index (χ0v) is 10.8. The third-order valence-corrected chi connectivity index (χ3v) is 3.07. The fraction of sp³-hybridized carbons (Fsp3) is 0.167. The Morgan fingerprint density at radius 3 is 3.00 bits per heavy atom. The maximum absolute atomic E-state index is 13.4. The molecule has 0 aliphatic carbocycles. The van der Waals surface area contributed by atoms with Crippen LogP contribution in [0.4, 0.5) is 14.5 Å². The van der Waals surface area contributed by atoms with Crippen LogP contribution in [0.2, 0.25) is 0 Å². The van der Waals surface area contributed by atoms with Gasteiger partial charge >= 0.3 is 0 Å². The Hall–Kier alpha value is -1.86. The standard InChI is InChI=1S/C12H10F2N2O2S/c1-18-5-10-15-9(6-19-10)12(17)16-8-4-2-3-7(13)11(8)14/h2-4,6H,5H2,1H3,(H,16,17). The summed E-state index contributed by atoms with van der Waals surface area (Å²) in [5, 5.41) is 4.43. The number of carbonyl (C=O) groups excluding carboxylic acids is 1. The molecule has 100 valence electrons. The number of halogens is 2. The largest absolute Gasteiger partial charge is 0.378 e. The Balaban J connectivity index is 2.14. The van der Waals surface area contributed by atoms with Crippen LogP contribution < -0.4 is 5.32 Å². The van der Waals surface area contributed by atoms with E-state index in [2.05, 4.69) is 10.3 Å². The number of hydrogen-bond acceptors (Lipinski definition) is 4. The number of nitrogens with zero attached hydrogens (tertiary/aromatic N) is 1. The van der Waals surface area contributed by atoms with Gasteiger partial charge < -0.3 is 10.1 Å². The van der Waals surface area contributed by atoms with Crippen LogP contribution in [-0.4, -0.2) is 18.0 Å². The fourth-order valence-corrected chi connectivity index (χ4v) is 2.14. The minimum absolute atomic E-state index is 0.140. The molecular weight excluding hydrogens is 274 g/mol. The van der Waals surface area contributed by atoms with Gasteiger partial charge in [-0.05, 0) is 12.1 Å². The van der Waals surface area contributed by atoms with Crippen molar-refractivity contribution in [3.8, 4) is 0 Å². The lowest BCUT2D eigenvalue weighted by Gasteiger charge is -2.04. The topological polar surface area (TPSA) is 51.2 Å². The Labute approximate surface area is 112 Å². The average molecular weight is 284 g/mol. The van der Waals surface area contributed by atoms with Crippen molar-refractivity contribution >= 4 is 22.9 Å². The van der Waals surface area contributed by atoms with Gasteiger partial charge in [0, 0.05) is 12.5 Å². The maximum atomic E-state index is 13.4. The Morgan fingerprint density at radius 1 is 1.47 bits per heavy atom. The number of methoxy groups -OCH3 is 1. The smallest absolute Gasteiger partial charge is 0.275 e. The second-order valence-electron chi connectivity index (χ2n) is 3.61. The normalized spacial score (nSPS) is 10.5. The Morgan fingerprint density at radius 2 is 2.26 bits per heavy atom. The molecule has 0 aliphatic heterocycles. The molecule has 0 bridgehead atoms. The van der Waals surface area contributed by atoms with Crippen molar-refractivity contribution in [1.29, 1.82) is 0 Å². The third kappa shape index (κ3) is 3.12. The molecule has 1 heterocycles. The van der Waals surface area contributed by atoms with E-state index in [1.165, 1.54) is 36.0 Å². The van der Waals surface area contributed by atoms with Gasteiger partial charge in [-0.2, -0.15) is 0 Å². The van der Waals surface area contributed by atoms with Crippen LogP contribution in [0.15, 0.2) is 23.6 Å². The second kappa shape index (κ2) is 5.85. The lowest BCUT2D eigenvalue weighted by Crippen LogP contribution is -2.14. The van der Waals surface area contributed by atoms with Crippen LogP contribution in [-0.2, 0) is 11.3 Å². The molecule has 7 heteroatoms. The number of rotatable bonds is 4. The van der Waals surface area contributed by atoms with Crippen LogP contribution in [0.5, 0.6) is 0 Å². The summed E-state index contributed by atoms with van der Waals surface area (Å²) in [7, 11) is 1.52. The van der Waals surface area contributed by atoms with E-state index in [1.54, 1.807) is 0 Å². The van der Waals surface area contributed by atoms with Crippen LogP contribution in [0.25, 0.3) is 0 Å². The molecule has 0 fully saturated rings. The number of carbonyl (C=O) groups is 1. The zero-order valence-electron chi connectivity index (χ0n) is 9.94. The van der Waals surface area contributed by atoms with Crippen molar-refractivity contribution in [3.63, 3.8) is 0 Å². The molecule has 0 atom stereocenters. The lowest BCUT2D eigenvalue weighted by atomic mass is 10.3. The highest BCUT2D eigenvalue weighted by atomic mass is 32.1. The third-order valence-electron chi connectivity index (χ3n) is 2.25. The Bertz CT molecular complexity index is 601. The summed E-state index contributed by atoms with van der Waals surface area (Å²) in [5.41, 5.74) is -0.0768. The SMILES string of the molecule is COCc1nc(C(=O)Nc2cccc(F)c2F)cs1. The summed E-state index contributed by atoms with van der Waals surface area (Å²) < 4.78 is 31.2. The molecular formula is C12H10F2N2O2S. The predicted octanol–water partition coefficient (Wildman–Crippen LogP) is 2.82. The number of thiazole rings is 1. The van der Waals surface area contributed by atoms with E-state index in [9.17, 15) is 13.6 Å². The summed E-state index contributed by atoms with van der Waals surface area (Å²) in [6.45, 7) is 0.298. The molecule has 0 saturated heterocycles. The summed E-state index contributed by atoms with van der Waals surface area (Å²) in [4.78, 5) is 15.8. The first-order valence-electron chi connectivity index (χ1n) is 5.30. The van der Waals surface area contributed by atoms with Gasteiger partial charge in [-0.3, -0.25) is 4.79 Å². The van der Waals surface area contributed by atoms with Crippen molar-refractivity contribution in [3.05, 3.63) is 45.9 Å². The van der Waals surface area contributed by atoms with Gasteiger partial charge in [-0.25, -0.2) is 13.8 Å². The second-order valence-corrected chi connectivity index (χ2v) is 4.56. The van der Waals surface area contributed by atoms with Crippen molar-refractivity contribution in [2.24, 2.45) is 0 Å². The fourth-order valence-electron chi connectivity index (χ4n) is 1.39. The van der Waals surface area contributed by atoms with Crippen molar-refractivity contribution < 1.29 is 18.3 Å². The van der Waals surface area contributed by atoms with E-state index in [-0.39, 0.29) is 11.4 Å². The van der Waals surface area contributed by atoms with Crippen molar-refractivity contribution in [2.45, 2.75) is 6.61 Å². The minimum atomic E-state index is -1.09. The minimum Gasteiger partial charge on any atom is -0.378 e. The first kappa shape index (κ1) is 13.6. The van der Waals surface area contributed by atoms with Crippen molar-refractivity contribution in [1.82, 2.24) is 4.98 Å². The first-order valence-corrected chi connectivity index (χ1v) is 6.18. The predicted molar refractivity (Wildman–Crippen MR) is 67.1 cm³/mol. The van der Waals surface area contributed by atoms with E-state index in [0.29, 0.717) is 11.6 Å². The molecule has 1 N–H and O–H groups in total. The number of aromatic nitrogens is 1. The highest BCUT2D eigenvalue weighted by Gasteiger charge is 2.14. The number of ether oxygens (including phenoxy) is 1. The van der Waals surface area contributed by atoms with E-state index in [1.807, 2.05) is 0 Å². The zero-order chi connectivity index (χ0) is 13.8. The van der Waals surface area contributed by atoms with Crippen LogP contribution in [0.3, 0.4) is 0 Å². The van der Waals surface area contributed by atoms with Gasteiger partial charge in [-0.15, -0.1) is 11.3 Å². The Kier molecular flexibility index (Phi) is 4.18. The van der Waals surface area contributed by atoms with E-state index < -0.39 is 17.5 Å². The number of amides is 1. The molecule has 0 radical (unpaired) electrons. The summed E-state index contributed by atoms with van der Waals surface area (Å²) in [6, 6.07) is 3.56. The summed E-state index contributed by atoms with van der Waals surface area (Å²) >= 11 is 1.26. The lowest BCUT2D eigenvalue weighted by molar-refractivity contribution is 0.102. The van der Waals surface area contributed by atoms with Crippen LogP contribution in [0.1, 0.15) is 15.5 Å². The maximum Gasteiger partial charge on any atom is 0.275 e. The number of anilines is 1. The van der Waals surface area contributed by atoms with Crippen LogP contribution >= 0.6 is 11.3 Å². The monoisotopic (exact) mass is 284 g/mol. The molecule has 2 rings (SSSR count). The average Bonchev–Trinajstić information content (AvgIpc) is 2.84. The molecule has 0 saturated carbocycles. The number of nitrogens with one attached hydrogen (secondary N) is 1. The van der Waals surface area contributed by atoms with Gasteiger partial charge in [0.15, 0.2) is 11.6 Å². The summed E-state index contributed by atoms with van der Waals surface area (Å²) in [5.74, 6) is -2.71. The molecule has 1 amide bonds. The molecule has 1 aromatic carbocycles. The first-order chi connectivity index (χ1) is 9.11. The highest BCUT2D eigenvalue weighted by molar-refractivity contribution is 7.09. The molecule has 4 nitrogen and oxygen atoms in total. The molecule has 1 aromatic heterocycles. The molecule has 0 spiro atoms. The highest BCUT2D eigenvalue weighted by Crippen LogP contribution is 2.18. The van der Waals surface area contributed by atoms with Gasteiger partial charge in [0.25, 0.3) is 5.91 Å². The van der Waals surface area contributed by atoms with Gasteiger partial charge in [0.2, 0.25) is 0 Å². The van der Waals surface area contributed by atoms with E-state index in [4.69, 9.17) is 4.74 Å². The van der Waals surface area contributed by atoms with E-state index in [0.717, 1.165) is 6.07 Å².